The summed E-state index contributed by atoms with van der Waals surface area (Å²) in [5, 5.41) is 2.41. The van der Waals surface area contributed by atoms with Crippen LogP contribution < -0.4 is 9.30 Å². The van der Waals surface area contributed by atoms with E-state index >= 15 is 0 Å². The quantitative estimate of drug-likeness (QED) is 0.107. The van der Waals surface area contributed by atoms with Crippen molar-refractivity contribution in [3.05, 3.63) is 209 Å². The van der Waals surface area contributed by atoms with Crippen LogP contribution in [0.1, 0.15) is 155 Å². The molecule has 0 aliphatic rings. The summed E-state index contributed by atoms with van der Waals surface area (Å²) in [6.45, 7) is 36.7. The maximum absolute atomic E-state index is 7.32. The lowest BCUT2D eigenvalue weighted by molar-refractivity contribution is -0.611. The van der Waals surface area contributed by atoms with Crippen LogP contribution in [0.2, 0.25) is 0 Å². The van der Waals surface area contributed by atoms with Crippen LogP contribution in [0.15, 0.2) is 158 Å². The van der Waals surface area contributed by atoms with Crippen LogP contribution in [0, 0.1) is 6.33 Å². The van der Waals surface area contributed by atoms with Gasteiger partial charge in [-0.1, -0.05) is 196 Å². The Hall–Kier alpha value is -6.72. The lowest BCUT2D eigenvalue weighted by atomic mass is 9.78. The van der Waals surface area contributed by atoms with Gasteiger partial charge in [-0.15, -0.1) is 0 Å². The molecule has 0 saturated heterocycles. The minimum absolute atomic E-state index is 0.0438. The van der Waals surface area contributed by atoms with E-state index in [-0.39, 0.29) is 32.5 Å². The number of nitrogens with zero attached hydrogens (tertiary/aromatic N) is 4. The number of imidazole rings is 1. The van der Waals surface area contributed by atoms with Crippen molar-refractivity contribution in [1.82, 2.24) is 14.1 Å². The Kier molecular flexibility index (Phi) is 12.2. The van der Waals surface area contributed by atoms with Gasteiger partial charge in [0.1, 0.15) is 17.3 Å². The third-order valence-corrected chi connectivity index (χ3v) is 14.8. The highest BCUT2D eigenvalue weighted by Gasteiger charge is 2.32. The van der Waals surface area contributed by atoms with E-state index in [0.29, 0.717) is 0 Å². The maximum Gasteiger partial charge on any atom is 0.269 e. The van der Waals surface area contributed by atoms with Crippen LogP contribution in [0.3, 0.4) is 0 Å². The molecule has 364 valence electrons. The minimum atomic E-state index is -0.388. The van der Waals surface area contributed by atoms with Crippen molar-refractivity contribution < 1.29 is 9.30 Å². The topological polar surface area (TPSA) is 35.9 Å². The summed E-state index contributed by atoms with van der Waals surface area (Å²) in [7, 11) is 0. The first-order chi connectivity index (χ1) is 33.2. The summed E-state index contributed by atoms with van der Waals surface area (Å²) in [5.74, 6) is 2.41. The van der Waals surface area contributed by atoms with Gasteiger partial charge in [-0.2, -0.15) is 0 Å². The number of fused-ring (bicyclic) bond motifs is 3. The number of hydrogen-bond donors (Lipinski definition) is 0. The molecule has 3 heterocycles. The standard InChI is InChI=1S/C66H74N4O/c1-61(2,3)46-31-32-67-59(38-46)70-56-30-24-23-29-54(56)60-55(64(10,11)12)40-53(41-57(60)70)71-52-37-49(65(13,14)44-25-19-17-20-26-44)36-50(39-52)68-42-58(66(15,16)45-27-21-18-22-28-45)69(43-68)51-34-47(62(4,5)6)33-48(35-51)63(7,8)9/h17-42H,1-16H3. The molecule has 0 saturated carbocycles. The SMILES string of the molecule is CC(C)(C)c1cc(-[n+]2[c-]n(-c3cc(Oc4cc(C(C)(C)C)c5c6ccccc6n(-c6cc(C(C)(C)C)ccn6)c5c4)cc(C(C)(C)c4ccccc4)c3)cc2C(C)(C)c2ccccc2)cc(C(C)(C)C)c1. The number of benzene rings is 6. The highest BCUT2D eigenvalue weighted by atomic mass is 16.5. The fourth-order valence-corrected chi connectivity index (χ4v) is 10.0. The predicted molar refractivity (Wildman–Crippen MR) is 297 cm³/mol. The van der Waals surface area contributed by atoms with Crippen LogP contribution >= 0.6 is 0 Å². The lowest BCUT2D eigenvalue weighted by Gasteiger charge is -2.29. The van der Waals surface area contributed by atoms with E-state index in [4.69, 9.17) is 9.72 Å². The zero-order chi connectivity index (χ0) is 51.1. The fraction of sp³-hybridized carbons (Fsp3) is 0.333. The maximum atomic E-state index is 7.32. The van der Waals surface area contributed by atoms with E-state index < -0.39 is 0 Å². The Morgan fingerprint density at radius 2 is 1.03 bits per heavy atom. The number of para-hydroxylation sites is 1. The van der Waals surface area contributed by atoms with Crippen LogP contribution in [0.5, 0.6) is 11.5 Å². The zero-order valence-corrected chi connectivity index (χ0v) is 45.2. The Labute approximate surface area is 424 Å². The molecular formula is C66H74N4O. The van der Waals surface area contributed by atoms with Gasteiger partial charge in [-0.05, 0) is 115 Å². The summed E-state index contributed by atoms with van der Waals surface area (Å²) in [5.41, 5.74) is 12.9. The van der Waals surface area contributed by atoms with Gasteiger partial charge in [0.25, 0.3) is 6.33 Å². The minimum Gasteiger partial charge on any atom is -0.458 e. The molecule has 0 spiro atoms. The van der Waals surface area contributed by atoms with E-state index in [1.165, 1.54) is 44.2 Å². The molecule has 0 unspecified atom stereocenters. The molecule has 5 heteroatoms. The third kappa shape index (κ3) is 9.49. The van der Waals surface area contributed by atoms with Crippen LogP contribution in [0.25, 0.3) is 39.0 Å². The molecule has 0 amide bonds. The summed E-state index contributed by atoms with van der Waals surface area (Å²) in [6.07, 6.45) is 8.16. The molecule has 0 fully saturated rings. The number of pyridine rings is 1. The highest BCUT2D eigenvalue weighted by molar-refractivity contribution is 6.11. The van der Waals surface area contributed by atoms with Crippen molar-refractivity contribution in [2.24, 2.45) is 0 Å². The monoisotopic (exact) mass is 939 g/mol. The summed E-state index contributed by atoms with van der Waals surface area (Å²) in [4.78, 5) is 5.03. The van der Waals surface area contributed by atoms with Gasteiger partial charge in [-0.3, -0.25) is 13.7 Å². The second-order valence-electron chi connectivity index (χ2n) is 25.0. The zero-order valence-electron chi connectivity index (χ0n) is 45.2. The Morgan fingerprint density at radius 1 is 0.465 bits per heavy atom. The van der Waals surface area contributed by atoms with E-state index in [0.717, 1.165) is 51.0 Å². The molecule has 0 atom stereocenters. The van der Waals surface area contributed by atoms with Gasteiger partial charge in [-0.25, -0.2) is 4.98 Å². The molecular weight excluding hydrogens is 865 g/mol. The Balaban J connectivity index is 1.29. The summed E-state index contributed by atoms with van der Waals surface area (Å²) in [6, 6.07) is 53.1. The molecule has 3 aromatic heterocycles. The van der Waals surface area contributed by atoms with E-state index in [1.54, 1.807) is 0 Å². The van der Waals surface area contributed by atoms with Gasteiger partial charge in [0.2, 0.25) is 0 Å². The average molecular weight is 939 g/mol. The molecule has 9 rings (SSSR count). The van der Waals surface area contributed by atoms with Crippen molar-refractivity contribution >= 4 is 21.8 Å². The smallest absolute Gasteiger partial charge is 0.269 e. The summed E-state index contributed by atoms with van der Waals surface area (Å²) >= 11 is 0. The average Bonchev–Trinajstić information content (AvgIpc) is 3.92. The van der Waals surface area contributed by atoms with Crippen molar-refractivity contribution in [2.45, 2.75) is 143 Å². The lowest BCUT2D eigenvalue weighted by Crippen LogP contribution is -2.41. The van der Waals surface area contributed by atoms with Crippen LogP contribution in [-0.2, 0) is 32.5 Å². The van der Waals surface area contributed by atoms with Crippen molar-refractivity contribution in [1.29, 1.82) is 0 Å². The number of rotatable bonds is 9. The van der Waals surface area contributed by atoms with Crippen molar-refractivity contribution in [2.75, 3.05) is 0 Å². The van der Waals surface area contributed by atoms with Gasteiger partial charge >= 0.3 is 0 Å². The number of hydrogen-bond acceptors (Lipinski definition) is 2. The van der Waals surface area contributed by atoms with Gasteiger partial charge in [0.05, 0.1) is 28.1 Å². The third-order valence-electron chi connectivity index (χ3n) is 14.8. The van der Waals surface area contributed by atoms with Gasteiger partial charge in [0, 0.05) is 40.1 Å². The molecule has 0 aliphatic heterocycles. The van der Waals surface area contributed by atoms with E-state index in [2.05, 4.69) is 283 Å². The molecule has 0 radical (unpaired) electrons. The molecule has 9 aromatic rings. The predicted octanol–water partition coefficient (Wildman–Crippen LogP) is 16.7. The normalized spacial score (nSPS) is 13.1. The van der Waals surface area contributed by atoms with Crippen molar-refractivity contribution in [3.63, 3.8) is 0 Å². The van der Waals surface area contributed by atoms with Crippen molar-refractivity contribution in [3.8, 4) is 28.7 Å². The second-order valence-corrected chi connectivity index (χ2v) is 25.0. The molecule has 71 heavy (non-hydrogen) atoms. The first-order valence-electron chi connectivity index (χ1n) is 25.4. The van der Waals surface area contributed by atoms with Crippen LogP contribution in [0.4, 0.5) is 0 Å². The largest absolute Gasteiger partial charge is 0.458 e. The highest BCUT2D eigenvalue weighted by Crippen LogP contribution is 2.44. The first kappa shape index (κ1) is 49.3. The Morgan fingerprint density at radius 3 is 1.62 bits per heavy atom. The molecule has 0 aliphatic carbocycles. The van der Waals surface area contributed by atoms with E-state index in [1.807, 2.05) is 6.20 Å². The second kappa shape index (κ2) is 17.5. The molecule has 0 bridgehead atoms. The first-order valence-corrected chi connectivity index (χ1v) is 25.4. The molecule has 5 nitrogen and oxygen atoms in total. The Bertz CT molecular complexity index is 3380. The van der Waals surface area contributed by atoms with Gasteiger partial charge in [0.15, 0.2) is 0 Å². The molecule has 6 aromatic carbocycles. The number of aromatic nitrogens is 4. The van der Waals surface area contributed by atoms with Crippen LogP contribution in [-0.4, -0.2) is 14.1 Å². The fourth-order valence-electron chi connectivity index (χ4n) is 10.0. The number of ether oxygens (including phenoxy) is 1. The van der Waals surface area contributed by atoms with E-state index in [9.17, 15) is 0 Å². The summed E-state index contributed by atoms with van der Waals surface area (Å²) < 4.78 is 14.1. The molecule has 0 N–H and O–H groups in total. The van der Waals surface area contributed by atoms with Gasteiger partial charge < -0.3 is 4.74 Å².